The first-order valence-corrected chi connectivity index (χ1v) is 6.84. The van der Waals surface area contributed by atoms with Gasteiger partial charge in [0.25, 0.3) is 5.91 Å². The molecule has 1 saturated heterocycles. The highest BCUT2D eigenvalue weighted by Gasteiger charge is 2.25. The van der Waals surface area contributed by atoms with Gasteiger partial charge in [0.1, 0.15) is 0 Å². The lowest BCUT2D eigenvalue weighted by molar-refractivity contribution is -0.130. The summed E-state index contributed by atoms with van der Waals surface area (Å²) in [5.41, 5.74) is 7.54. The summed E-state index contributed by atoms with van der Waals surface area (Å²) in [5, 5.41) is 7.69. The highest BCUT2D eigenvalue weighted by Crippen LogP contribution is 2.20. The van der Waals surface area contributed by atoms with E-state index in [0.717, 1.165) is 10.9 Å². The van der Waals surface area contributed by atoms with Crippen LogP contribution in [-0.2, 0) is 4.79 Å². The Hall–Kier alpha value is -2.57. The molecule has 2 heterocycles. The fourth-order valence-electron chi connectivity index (χ4n) is 2.57. The molecular formula is C14H17N5O2. The molecule has 1 aromatic carbocycles. The number of piperazine rings is 1. The molecule has 21 heavy (non-hydrogen) atoms. The number of nitrogens with one attached hydrogen (secondary N) is 1. The molecule has 0 radical (unpaired) electrons. The van der Waals surface area contributed by atoms with Crippen LogP contribution in [0, 0.1) is 0 Å². The molecule has 1 aliphatic heterocycles. The summed E-state index contributed by atoms with van der Waals surface area (Å²) < 4.78 is 0. The molecule has 1 fully saturated rings. The maximum Gasteiger partial charge on any atom is 0.275 e. The van der Waals surface area contributed by atoms with Crippen molar-refractivity contribution in [3.05, 3.63) is 23.9 Å². The number of nitrogens with two attached hydrogens (primary N) is 1. The number of anilines is 1. The molecular weight excluding hydrogens is 270 g/mol. The molecule has 0 atom stereocenters. The van der Waals surface area contributed by atoms with E-state index in [1.165, 1.54) is 0 Å². The predicted octanol–water partition coefficient (Wildman–Crippen LogP) is 0.449. The molecule has 2 aromatic rings. The second kappa shape index (κ2) is 5.08. The average Bonchev–Trinajstić information content (AvgIpc) is 2.89. The minimum atomic E-state index is -0.130. The number of hydrogen-bond donors (Lipinski definition) is 2. The number of fused-ring (bicyclic) bond motifs is 1. The van der Waals surface area contributed by atoms with E-state index in [2.05, 4.69) is 10.2 Å². The van der Waals surface area contributed by atoms with E-state index in [4.69, 9.17) is 5.73 Å². The number of nitrogen functional groups attached to an aromatic ring is 1. The van der Waals surface area contributed by atoms with E-state index in [1.54, 1.807) is 28.9 Å². The zero-order valence-electron chi connectivity index (χ0n) is 11.8. The van der Waals surface area contributed by atoms with Gasteiger partial charge >= 0.3 is 0 Å². The van der Waals surface area contributed by atoms with Gasteiger partial charge in [0.05, 0.1) is 5.52 Å². The summed E-state index contributed by atoms with van der Waals surface area (Å²) in [7, 11) is 0. The van der Waals surface area contributed by atoms with Crippen molar-refractivity contribution in [3.8, 4) is 0 Å². The van der Waals surface area contributed by atoms with Crippen molar-refractivity contribution in [2.24, 2.45) is 0 Å². The van der Waals surface area contributed by atoms with E-state index in [-0.39, 0.29) is 11.8 Å². The molecule has 0 saturated carbocycles. The van der Waals surface area contributed by atoms with Crippen LogP contribution in [0.1, 0.15) is 17.4 Å². The second-order valence-electron chi connectivity index (χ2n) is 5.18. The van der Waals surface area contributed by atoms with Crippen molar-refractivity contribution in [3.63, 3.8) is 0 Å². The SMILES string of the molecule is CC(=O)N1CCN(C(=O)c2n[nH]c3ccc(N)cc23)CC1. The minimum absolute atomic E-state index is 0.0418. The molecule has 0 aliphatic carbocycles. The zero-order valence-corrected chi connectivity index (χ0v) is 11.8. The number of aromatic nitrogens is 2. The van der Waals surface area contributed by atoms with Gasteiger partial charge in [-0.25, -0.2) is 0 Å². The number of H-pyrrole nitrogens is 1. The highest BCUT2D eigenvalue weighted by atomic mass is 16.2. The van der Waals surface area contributed by atoms with E-state index in [0.29, 0.717) is 37.6 Å². The molecule has 110 valence electrons. The smallest absolute Gasteiger partial charge is 0.275 e. The summed E-state index contributed by atoms with van der Waals surface area (Å²) in [6.07, 6.45) is 0. The maximum atomic E-state index is 12.6. The van der Waals surface area contributed by atoms with Crippen LogP contribution in [-0.4, -0.2) is 58.0 Å². The number of carbonyl (C=O) groups is 2. The zero-order chi connectivity index (χ0) is 15.0. The van der Waals surface area contributed by atoms with Crippen LogP contribution < -0.4 is 5.73 Å². The first-order valence-electron chi connectivity index (χ1n) is 6.84. The van der Waals surface area contributed by atoms with Crippen LogP contribution in [0.5, 0.6) is 0 Å². The summed E-state index contributed by atoms with van der Waals surface area (Å²) >= 11 is 0. The lowest BCUT2D eigenvalue weighted by Crippen LogP contribution is -2.50. The van der Waals surface area contributed by atoms with Crippen LogP contribution in [0.2, 0.25) is 0 Å². The van der Waals surface area contributed by atoms with Crippen LogP contribution >= 0.6 is 0 Å². The first-order chi connectivity index (χ1) is 10.1. The normalized spacial score (nSPS) is 15.5. The fraction of sp³-hybridized carbons (Fsp3) is 0.357. The number of aromatic amines is 1. The number of rotatable bonds is 1. The molecule has 7 heteroatoms. The van der Waals surface area contributed by atoms with E-state index in [1.807, 2.05) is 6.07 Å². The van der Waals surface area contributed by atoms with E-state index < -0.39 is 0 Å². The molecule has 3 N–H and O–H groups in total. The van der Waals surface area contributed by atoms with Crippen LogP contribution in [0.25, 0.3) is 10.9 Å². The molecule has 0 unspecified atom stereocenters. The number of hydrogen-bond acceptors (Lipinski definition) is 4. The second-order valence-corrected chi connectivity index (χ2v) is 5.18. The Balaban J connectivity index is 1.82. The lowest BCUT2D eigenvalue weighted by Gasteiger charge is -2.33. The van der Waals surface area contributed by atoms with Gasteiger partial charge < -0.3 is 15.5 Å². The monoisotopic (exact) mass is 287 g/mol. The summed E-state index contributed by atoms with van der Waals surface area (Å²) in [6, 6.07) is 5.32. The molecule has 0 spiro atoms. The van der Waals surface area contributed by atoms with Gasteiger partial charge in [-0.15, -0.1) is 0 Å². The third-order valence-electron chi connectivity index (χ3n) is 3.80. The van der Waals surface area contributed by atoms with Crippen molar-refractivity contribution in [1.29, 1.82) is 0 Å². The minimum Gasteiger partial charge on any atom is -0.399 e. The van der Waals surface area contributed by atoms with E-state index in [9.17, 15) is 9.59 Å². The molecule has 3 rings (SSSR count). The Bertz CT molecular complexity index is 700. The molecule has 1 aliphatic rings. The van der Waals surface area contributed by atoms with Crippen molar-refractivity contribution >= 4 is 28.4 Å². The van der Waals surface area contributed by atoms with Gasteiger partial charge in [0.15, 0.2) is 5.69 Å². The first kappa shape index (κ1) is 13.4. The summed E-state index contributed by atoms with van der Waals surface area (Å²) in [4.78, 5) is 27.3. The number of carbonyl (C=O) groups excluding carboxylic acids is 2. The van der Waals surface area contributed by atoms with Gasteiger partial charge in [-0.05, 0) is 18.2 Å². The Morgan fingerprint density at radius 3 is 2.52 bits per heavy atom. The van der Waals surface area contributed by atoms with Gasteiger partial charge in [-0.3, -0.25) is 14.7 Å². The van der Waals surface area contributed by atoms with Crippen LogP contribution in [0.15, 0.2) is 18.2 Å². The topological polar surface area (TPSA) is 95.3 Å². The molecule has 1 aromatic heterocycles. The van der Waals surface area contributed by atoms with E-state index >= 15 is 0 Å². The van der Waals surface area contributed by atoms with Crippen LogP contribution in [0.4, 0.5) is 5.69 Å². The lowest BCUT2D eigenvalue weighted by atomic mass is 10.1. The molecule has 0 bridgehead atoms. The number of benzene rings is 1. The quantitative estimate of drug-likeness (QED) is 0.744. The highest BCUT2D eigenvalue weighted by molar-refractivity contribution is 6.05. The third kappa shape index (κ3) is 2.42. The van der Waals surface area contributed by atoms with Crippen molar-refractivity contribution in [2.45, 2.75) is 6.92 Å². The Morgan fingerprint density at radius 1 is 1.19 bits per heavy atom. The standard InChI is InChI=1S/C14H17N5O2/c1-9(20)18-4-6-19(7-5-18)14(21)13-11-8-10(15)2-3-12(11)16-17-13/h2-3,8H,4-7,15H2,1H3,(H,16,17). The fourth-order valence-corrected chi connectivity index (χ4v) is 2.57. The summed E-state index contributed by atoms with van der Waals surface area (Å²) in [5.74, 6) is -0.0878. The molecule has 7 nitrogen and oxygen atoms in total. The van der Waals surface area contributed by atoms with Crippen LogP contribution in [0.3, 0.4) is 0 Å². The average molecular weight is 287 g/mol. The maximum absolute atomic E-state index is 12.6. The van der Waals surface area contributed by atoms with Gasteiger partial charge in [0.2, 0.25) is 5.91 Å². The number of nitrogens with zero attached hydrogens (tertiary/aromatic N) is 3. The summed E-state index contributed by atoms with van der Waals surface area (Å²) in [6.45, 7) is 3.71. The Kier molecular flexibility index (Phi) is 3.25. The predicted molar refractivity (Wildman–Crippen MR) is 78.7 cm³/mol. The third-order valence-corrected chi connectivity index (χ3v) is 3.80. The Morgan fingerprint density at radius 2 is 1.86 bits per heavy atom. The van der Waals surface area contributed by atoms with Gasteiger partial charge in [-0.1, -0.05) is 0 Å². The Labute approximate surface area is 121 Å². The molecule has 2 amide bonds. The van der Waals surface area contributed by atoms with Crippen molar-refractivity contribution in [2.75, 3.05) is 31.9 Å². The van der Waals surface area contributed by atoms with Crippen molar-refractivity contribution in [1.82, 2.24) is 20.0 Å². The van der Waals surface area contributed by atoms with Gasteiger partial charge in [0, 0.05) is 44.2 Å². The van der Waals surface area contributed by atoms with Gasteiger partial charge in [-0.2, -0.15) is 5.10 Å². The largest absolute Gasteiger partial charge is 0.399 e. The number of amides is 2. The van der Waals surface area contributed by atoms with Crippen molar-refractivity contribution < 1.29 is 9.59 Å².